The van der Waals surface area contributed by atoms with Crippen molar-refractivity contribution in [3.05, 3.63) is 67.8 Å². The molecule has 0 saturated heterocycles. The van der Waals surface area contributed by atoms with Crippen LogP contribution in [0.3, 0.4) is 0 Å². The van der Waals surface area contributed by atoms with Crippen LogP contribution in [0, 0.1) is 5.92 Å². The molecular weight excluding hydrogens is 295 g/mol. The largest absolute Gasteiger partial charge is 0.106 e. The molecule has 0 nitrogen and oxygen atoms in total. The molecule has 1 heteroatoms. The Kier molecular flexibility index (Phi) is 11.1. The van der Waals surface area contributed by atoms with Crippen molar-refractivity contribution in [1.82, 2.24) is 0 Å². The van der Waals surface area contributed by atoms with E-state index in [4.69, 9.17) is 0 Å². The first-order chi connectivity index (χ1) is 7.79. The number of benzene rings is 1. The van der Waals surface area contributed by atoms with Crippen LogP contribution in [0.25, 0.3) is 6.08 Å². The number of allylic oxidation sites excluding steroid dienone is 1. The fraction of sp³-hybridized carbons (Fsp3) is 0.250. The molecule has 1 aromatic carbocycles. The monoisotopic (exact) mass is 317 g/mol. The van der Waals surface area contributed by atoms with Crippen LogP contribution in [-0.2, 0) is 19.5 Å². The summed E-state index contributed by atoms with van der Waals surface area (Å²) in [7, 11) is 0. The van der Waals surface area contributed by atoms with Crippen molar-refractivity contribution in [3.63, 3.8) is 0 Å². The molecule has 0 heterocycles. The van der Waals surface area contributed by atoms with Crippen LogP contribution in [0.4, 0.5) is 0 Å². The molecule has 0 aromatic heterocycles. The second kappa shape index (κ2) is 10.2. The molecule has 0 bridgehead atoms. The van der Waals surface area contributed by atoms with Gasteiger partial charge in [-0.15, -0.1) is 26.3 Å². The Balaban J connectivity index is 0. The zero-order chi connectivity index (χ0) is 12.6. The van der Waals surface area contributed by atoms with Crippen molar-refractivity contribution >= 4 is 6.08 Å². The summed E-state index contributed by atoms with van der Waals surface area (Å²) in [6.45, 7) is 16.5. The minimum absolute atomic E-state index is 0. The summed E-state index contributed by atoms with van der Waals surface area (Å²) in [5, 5.41) is 0. The minimum atomic E-state index is 0. The van der Waals surface area contributed by atoms with Gasteiger partial charge in [-0.2, -0.15) is 0 Å². The summed E-state index contributed by atoms with van der Waals surface area (Å²) in [6.07, 6.45) is 4.55. The molecule has 1 aliphatic carbocycles. The Bertz CT molecular complexity index is 337. The van der Waals surface area contributed by atoms with E-state index in [0.717, 1.165) is 0 Å². The van der Waals surface area contributed by atoms with Gasteiger partial charge in [0.2, 0.25) is 0 Å². The third-order valence-electron chi connectivity index (χ3n) is 2.56. The van der Waals surface area contributed by atoms with Crippen LogP contribution in [-0.4, -0.2) is 0 Å². The normalized spacial score (nSPS) is 14.6. The zero-order valence-corrected chi connectivity index (χ0v) is 12.4. The van der Waals surface area contributed by atoms with E-state index in [1.807, 2.05) is 0 Å². The van der Waals surface area contributed by atoms with E-state index in [-0.39, 0.29) is 19.5 Å². The second-order valence-electron chi connectivity index (χ2n) is 3.76. The molecule has 0 amide bonds. The van der Waals surface area contributed by atoms with E-state index in [2.05, 4.69) is 76.6 Å². The van der Waals surface area contributed by atoms with Crippen molar-refractivity contribution < 1.29 is 19.5 Å². The smallest absolute Gasteiger partial charge is 0.00502 e. The fourth-order valence-electron chi connectivity index (χ4n) is 1.86. The number of rotatable bonds is 1. The first kappa shape index (κ1) is 18.4. The van der Waals surface area contributed by atoms with Gasteiger partial charge in [-0.3, -0.25) is 0 Å². The van der Waals surface area contributed by atoms with Crippen molar-refractivity contribution in [3.8, 4) is 0 Å². The predicted octanol–water partition coefficient (Wildman–Crippen LogP) is 5.05. The molecule has 17 heavy (non-hydrogen) atoms. The summed E-state index contributed by atoms with van der Waals surface area (Å²) in [5.41, 5.74) is 2.89. The average molecular weight is 317 g/mol. The van der Waals surface area contributed by atoms with Gasteiger partial charge in [-0.25, -0.2) is 0 Å². The van der Waals surface area contributed by atoms with Gasteiger partial charge >= 0.3 is 0 Å². The van der Waals surface area contributed by atoms with E-state index in [1.165, 1.54) is 11.1 Å². The molecular formula is C16H22Rh. The maximum absolute atomic E-state index is 3.00. The Hall–Kier alpha value is -0.937. The third-order valence-corrected chi connectivity index (χ3v) is 2.56. The van der Waals surface area contributed by atoms with E-state index >= 15 is 0 Å². The Morgan fingerprint density at radius 3 is 2.06 bits per heavy atom. The van der Waals surface area contributed by atoms with Gasteiger partial charge in [-0.1, -0.05) is 50.3 Å². The molecule has 1 radical (unpaired) electrons. The summed E-state index contributed by atoms with van der Waals surface area (Å²) in [6, 6.07) is 8.65. The van der Waals surface area contributed by atoms with Crippen LogP contribution < -0.4 is 0 Å². The van der Waals surface area contributed by atoms with Gasteiger partial charge < -0.3 is 0 Å². The predicted molar refractivity (Wildman–Crippen MR) is 75.6 cm³/mol. The maximum atomic E-state index is 3.00. The van der Waals surface area contributed by atoms with Crippen LogP contribution in [0.5, 0.6) is 0 Å². The summed E-state index contributed by atoms with van der Waals surface area (Å²) in [4.78, 5) is 0. The minimum Gasteiger partial charge on any atom is -0.106 e. The molecule has 0 aliphatic heterocycles. The number of hydrogen-bond acceptors (Lipinski definition) is 0. The number of fused-ring (bicyclic) bond motifs is 1. The van der Waals surface area contributed by atoms with E-state index in [9.17, 15) is 0 Å². The van der Waals surface area contributed by atoms with Crippen molar-refractivity contribution in [1.29, 1.82) is 0 Å². The summed E-state index contributed by atoms with van der Waals surface area (Å²) >= 11 is 0. The SMILES string of the molecule is C=C.C=C.CC(C)C1C=Cc2ccccc21.[Rh]. The van der Waals surface area contributed by atoms with Crippen molar-refractivity contribution in [2.45, 2.75) is 19.8 Å². The molecule has 1 aliphatic rings. The fourth-order valence-corrected chi connectivity index (χ4v) is 1.86. The van der Waals surface area contributed by atoms with Crippen LogP contribution in [0.1, 0.15) is 30.9 Å². The standard InChI is InChI=1S/C12H14.2C2H4.Rh/c1-9(2)11-8-7-10-5-3-4-6-12(10)11;2*1-2;/h3-9,11H,1-2H3;2*1-2H2;. The molecule has 2 rings (SSSR count). The van der Waals surface area contributed by atoms with Gasteiger partial charge in [0.05, 0.1) is 0 Å². The molecule has 0 fully saturated rings. The Labute approximate surface area is 119 Å². The molecule has 0 saturated carbocycles. The van der Waals surface area contributed by atoms with Gasteiger partial charge in [0.25, 0.3) is 0 Å². The molecule has 1 atom stereocenters. The Morgan fingerprint density at radius 1 is 1.00 bits per heavy atom. The van der Waals surface area contributed by atoms with Crippen LogP contribution >= 0.6 is 0 Å². The molecule has 1 unspecified atom stereocenters. The molecule has 0 N–H and O–H groups in total. The quantitative estimate of drug-likeness (QED) is 0.502. The van der Waals surface area contributed by atoms with Gasteiger partial charge in [0.1, 0.15) is 0 Å². The van der Waals surface area contributed by atoms with E-state index < -0.39 is 0 Å². The maximum Gasteiger partial charge on any atom is 0.00502 e. The van der Waals surface area contributed by atoms with Crippen LogP contribution in [0.2, 0.25) is 0 Å². The Morgan fingerprint density at radius 2 is 1.53 bits per heavy atom. The third kappa shape index (κ3) is 4.83. The molecule has 95 valence electrons. The second-order valence-corrected chi connectivity index (χ2v) is 3.76. The van der Waals surface area contributed by atoms with E-state index in [1.54, 1.807) is 0 Å². The molecule has 0 spiro atoms. The van der Waals surface area contributed by atoms with Gasteiger partial charge in [0.15, 0.2) is 0 Å². The molecule has 1 aromatic rings. The van der Waals surface area contributed by atoms with Gasteiger partial charge in [0, 0.05) is 25.4 Å². The zero-order valence-electron chi connectivity index (χ0n) is 10.8. The van der Waals surface area contributed by atoms with Gasteiger partial charge in [-0.05, 0) is 17.0 Å². The summed E-state index contributed by atoms with van der Waals surface area (Å²) in [5.74, 6) is 1.35. The first-order valence-electron chi connectivity index (χ1n) is 5.56. The van der Waals surface area contributed by atoms with Crippen molar-refractivity contribution in [2.75, 3.05) is 0 Å². The average Bonchev–Trinajstić information content (AvgIpc) is 2.78. The van der Waals surface area contributed by atoms with Crippen molar-refractivity contribution in [2.24, 2.45) is 5.92 Å². The number of hydrogen-bond donors (Lipinski definition) is 0. The first-order valence-corrected chi connectivity index (χ1v) is 5.56. The summed E-state index contributed by atoms with van der Waals surface area (Å²) < 4.78 is 0. The topological polar surface area (TPSA) is 0 Å². The van der Waals surface area contributed by atoms with Crippen LogP contribution in [0.15, 0.2) is 56.7 Å². The van der Waals surface area contributed by atoms with E-state index in [0.29, 0.717) is 11.8 Å².